The minimum absolute atomic E-state index is 0.143. The summed E-state index contributed by atoms with van der Waals surface area (Å²) in [6.45, 7) is 8.57. The van der Waals surface area contributed by atoms with Gasteiger partial charge in [0.2, 0.25) is 0 Å². The molecular weight excluding hydrogens is 166 g/mol. The number of nitrogens with zero attached hydrogens (tertiary/aromatic N) is 1. The quantitative estimate of drug-likeness (QED) is 0.658. The third kappa shape index (κ3) is 3.63. The van der Waals surface area contributed by atoms with E-state index in [1.54, 1.807) is 0 Å². The Morgan fingerprint density at radius 2 is 2.31 bits per heavy atom. The SMILES string of the molecule is CCOCCN1CCC(C)C(O)C1. The Kier molecular flexibility index (Phi) is 4.70. The molecule has 2 unspecified atom stereocenters. The first kappa shape index (κ1) is 11.0. The largest absolute Gasteiger partial charge is 0.392 e. The van der Waals surface area contributed by atoms with Crippen LogP contribution in [0.2, 0.25) is 0 Å². The maximum Gasteiger partial charge on any atom is 0.0693 e. The minimum atomic E-state index is -0.143. The second-order valence-corrected chi connectivity index (χ2v) is 3.83. The van der Waals surface area contributed by atoms with Gasteiger partial charge in [-0.1, -0.05) is 6.92 Å². The molecule has 2 atom stereocenters. The van der Waals surface area contributed by atoms with Crippen LogP contribution in [0.25, 0.3) is 0 Å². The molecule has 1 fully saturated rings. The molecule has 13 heavy (non-hydrogen) atoms. The van der Waals surface area contributed by atoms with Gasteiger partial charge in [0.15, 0.2) is 0 Å². The first-order chi connectivity index (χ1) is 6.24. The van der Waals surface area contributed by atoms with Crippen LogP contribution in [0.1, 0.15) is 20.3 Å². The Bertz CT molecular complexity index is 141. The highest BCUT2D eigenvalue weighted by Crippen LogP contribution is 2.16. The summed E-state index contributed by atoms with van der Waals surface area (Å²) in [7, 11) is 0. The normalized spacial score (nSPS) is 30.7. The number of ether oxygens (including phenoxy) is 1. The Hall–Kier alpha value is -0.120. The lowest BCUT2D eigenvalue weighted by Crippen LogP contribution is -2.44. The Morgan fingerprint density at radius 3 is 2.92 bits per heavy atom. The third-order valence-corrected chi connectivity index (χ3v) is 2.76. The first-order valence-corrected chi connectivity index (χ1v) is 5.22. The van der Waals surface area contributed by atoms with E-state index in [0.717, 1.165) is 39.3 Å². The molecule has 0 spiro atoms. The molecular formula is C10H21NO2. The van der Waals surface area contributed by atoms with E-state index in [1.165, 1.54) is 0 Å². The summed E-state index contributed by atoms with van der Waals surface area (Å²) in [5, 5.41) is 9.62. The van der Waals surface area contributed by atoms with Gasteiger partial charge in [0.1, 0.15) is 0 Å². The number of piperidine rings is 1. The molecule has 1 aliphatic heterocycles. The molecule has 1 aliphatic rings. The molecule has 1 rings (SSSR count). The molecule has 0 aromatic heterocycles. The Balaban J connectivity index is 2.14. The zero-order valence-corrected chi connectivity index (χ0v) is 8.70. The fourth-order valence-corrected chi connectivity index (χ4v) is 1.66. The van der Waals surface area contributed by atoms with Gasteiger partial charge in [-0.05, 0) is 25.8 Å². The standard InChI is InChI=1S/C10H21NO2/c1-3-13-7-6-11-5-4-9(2)10(12)8-11/h9-10,12H,3-8H2,1-2H3. The van der Waals surface area contributed by atoms with Gasteiger partial charge in [-0.25, -0.2) is 0 Å². The van der Waals surface area contributed by atoms with E-state index in [-0.39, 0.29) is 6.10 Å². The van der Waals surface area contributed by atoms with Gasteiger partial charge in [-0.2, -0.15) is 0 Å². The van der Waals surface area contributed by atoms with Crippen molar-refractivity contribution < 1.29 is 9.84 Å². The van der Waals surface area contributed by atoms with Gasteiger partial charge in [-0.3, -0.25) is 4.90 Å². The van der Waals surface area contributed by atoms with Crippen LogP contribution in [0.15, 0.2) is 0 Å². The average Bonchev–Trinajstić information content (AvgIpc) is 2.12. The fraction of sp³-hybridized carbons (Fsp3) is 1.00. The predicted octanol–water partition coefficient (Wildman–Crippen LogP) is 0.726. The smallest absolute Gasteiger partial charge is 0.0693 e. The van der Waals surface area contributed by atoms with E-state index in [9.17, 15) is 5.11 Å². The molecule has 0 radical (unpaired) electrons. The molecule has 3 nitrogen and oxygen atoms in total. The Morgan fingerprint density at radius 1 is 1.54 bits per heavy atom. The maximum atomic E-state index is 9.62. The van der Waals surface area contributed by atoms with Crippen LogP contribution in [0, 0.1) is 5.92 Å². The van der Waals surface area contributed by atoms with Crippen LogP contribution in [0.4, 0.5) is 0 Å². The lowest BCUT2D eigenvalue weighted by atomic mass is 9.96. The Labute approximate surface area is 80.7 Å². The summed E-state index contributed by atoms with van der Waals surface area (Å²) in [5.41, 5.74) is 0. The maximum absolute atomic E-state index is 9.62. The van der Waals surface area contributed by atoms with Gasteiger partial charge >= 0.3 is 0 Å². The summed E-state index contributed by atoms with van der Waals surface area (Å²) in [5.74, 6) is 0.461. The second-order valence-electron chi connectivity index (χ2n) is 3.83. The molecule has 1 N–H and O–H groups in total. The van der Waals surface area contributed by atoms with Crippen molar-refractivity contribution in [3.63, 3.8) is 0 Å². The van der Waals surface area contributed by atoms with Crippen molar-refractivity contribution in [1.82, 2.24) is 4.90 Å². The molecule has 1 saturated heterocycles. The molecule has 0 aromatic rings. The number of aliphatic hydroxyl groups excluding tert-OH is 1. The summed E-state index contributed by atoms with van der Waals surface area (Å²) >= 11 is 0. The number of hydrogen-bond acceptors (Lipinski definition) is 3. The van der Waals surface area contributed by atoms with Crippen LogP contribution in [0.5, 0.6) is 0 Å². The summed E-state index contributed by atoms with van der Waals surface area (Å²) < 4.78 is 5.28. The highest BCUT2D eigenvalue weighted by atomic mass is 16.5. The van der Waals surface area contributed by atoms with Crippen LogP contribution in [-0.4, -0.2) is 49.0 Å². The molecule has 0 aliphatic carbocycles. The summed E-state index contributed by atoms with van der Waals surface area (Å²) in [6.07, 6.45) is 0.961. The van der Waals surface area contributed by atoms with Crippen LogP contribution < -0.4 is 0 Å². The number of likely N-dealkylation sites (tertiary alicyclic amines) is 1. The monoisotopic (exact) mass is 187 g/mol. The molecule has 1 heterocycles. The van der Waals surface area contributed by atoms with E-state index < -0.39 is 0 Å². The topological polar surface area (TPSA) is 32.7 Å². The van der Waals surface area contributed by atoms with Gasteiger partial charge in [0, 0.05) is 19.7 Å². The van der Waals surface area contributed by atoms with Gasteiger partial charge in [0.05, 0.1) is 12.7 Å². The number of β-amino-alcohol motifs (C(OH)–C–C–N with tert-alkyl or cyclic N) is 1. The summed E-state index contributed by atoms with van der Waals surface area (Å²) in [4.78, 5) is 2.28. The first-order valence-electron chi connectivity index (χ1n) is 5.22. The number of aliphatic hydroxyl groups is 1. The zero-order chi connectivity index (χ0) is 9.68. The fourth-order valence-electron chi connectivity index (χ4n) is 1.66. The number of rotatable bonds is 4. The molecule has 3 heteroatoms. The number of hydrogen-bond donors (Lipinski definition) is 1. The van der Waals surface area contributed by atoms with Crippen molar-refractivity contribution in [3.8, 4) is 0 Å². The van der Waals surface area contributed by atoms with E-state index >= 15 is 0 Å². The van der Waals surface area contributed by atoms with Crippen LogP contribution >= 0.6 is 0 Å². The van der Waals surface area contributed by atoms with Crippen LogP contribution in [-0.2, 0) is 4.74 Å². The highest BCUT2D eigenvalue weighted by molar-refractivity contribution is 4.76. The van der Waals surface area contributed by atoms with Gasteiger partial charge in [0.25, 0.3) is 0 Å². The van der Waals surface area contributed by atoms with E-state index in [1.807, 2.05) is 6.92 Å². The van der Waals surface area contributed by atoms with Crippen molar-refractivity contribution in [2.45, 2.75) is 26.4 Å². The molecule has 0 amide bonds. The molecule has 0 aromatic carbocycles. The average molecular weight is 187 g/mol. The summed E-state index contributed by atoms with van der Waals surface area (Å²) in [6, 6.07) is 0. The minimum Gasteiger partial charge on any atom is -0.392 e. The van der Waals surface area contributed by atoms with Gasteiger partial charge in [-0.15, -0.1) is 0 Å². The van der Waals surface area contributed by atoms with Crippen molar-refractivity contribution in [2.24, 2.45) is 5.92 Å². The van der Waals surface area contributed by atoms with Crippen molar-refractivity contribution in [1.29, 1.82) is 0 Å². The molecule has 0 saturated carbocycles. The van der Waals surface area contributed by atoms with Crippen molar-refractivity contribution in [3.05, 3.63) is 0 Å². The lowest BCUT2D eigenvalue weighted by Gasteiger charge is -2.34. The van der Waals surface area contributed by atoms with E-state index in [4.69, 9.17) is 4.74 Å². The van der Waals surface area contributed by atoms with E-state index in [2.05, 4.69) is 11.8 Å². The molecule has 0 bridgehead atoms. The third-order valence-electron chi connectivity index (χ3n) is 2.76. The predicted molar refractivity (Wildman–Crippen MR) is 52.7 cm³/mol. The molecule has 78 valence electrons. The highest BCUT2D eigenvalue weighted by Gasteiger charge is 2.23. The van der Waals surface area contributed by atoms with Gasteiger partial charge < -0.3 is 9.84 Å². The van der Waals surface area contributed by atoms with Crippen molar-refractivity contribution >= 4 is 0 Å². The zero-order valence-electron chi connectivity index (χ0n) is 8.70. The lowest BCUT2D eigenvalue weighted by molar-refractivity contribution is 0.0156. The van der Waals surface area contributed by atoms with Crippen molar-refractivity contribution in [2.75, 3.05) is 32.8 Å². The van der Waals surface area contributed by atoms with Crippen LogP contribution in [0.3, 0.4) is 0 Å². The second kappa shape index (κ2) is 5.58. The van der Waals surface area contributed by atoms with E-state index in [0.29, 0.717) is 5.92 Å².